The summed E-state index contributed by atoms with van der Waals surface area (Å²) in [4.78, 5) is 17.7. The lowest BCUT2D eigenvalue weighted by Gasteiger charge is -2.37. The summed E-state index contributed by atoms with van der Waals surface area (Å²) in [6, 6.07) is 0. The van der Waals surface area contributed by atoms with Gasteiger partial charge < -0.3 is 15.7 Å². The molecule has 1 atom stereocenters. The summed E-state index contributed by atoms with van der Waals surface area (Å²) in [6.45, 7) is 7.90. The predicted molar refractivity (Wildman–Crippen MR) is 71.7 cm³/mol. The second kappa shape index (κ2) is 6.47. The fourth-order valence-corrected chi connectivity index (χ4v) is 2.04. The number of carbonyl (C=O) groups is 1. The van der Waals surface area contributed by atoms with Gasteiger partial charge in [0.25, 0.3) is 0 Å². The lowest BCUT2D eigenvalue weighted by atomic mass is 10.0. The Morgan fingerprint density at radius 3 is 2.22 bits per heavy atom. The molecule has 0 amide bonds. The maximum atomic E-state index is 11.0. The van der Waals surface area contributed by atoms with E-state index >= 15 is 0 Å². The molecule has 0 bridgehead atoms. The molecule has 1 fully saturated rings. The summed E-state index contributed by atoms with van der Waals surface area (Å²) in [5, 5.41) is 9.00. The van der Waals surface area contributed by atoms with Crippen LogP contribution in [0.5, 0.6) is 0 Å². The van der Waals surface area contributed by atoms with Gasteiger partial charge in [-0.3, -0.25) is 14.6 Å². The molecule has 1 saturated heterocycles. The van der Waals surface area contributed by atoms with Crippen LogP contribution in [0.3, 0.4) is 0 Å². The monoisotopic (exact) mass is 258 g/mol. The van der Waals surface area contributed by atoms with Crippen LogP contribution in [0, 0.1) is 0 Å². The van der Waals surface area contributed by atoms with E-state index in [9.17, 15) is 4.79 Å². The van der Waals surface area contributed by atoms with Crippen molar-refractivity contribution in [2.75, 3.05) is 59.9 Å². The number of piperazine rings is 1. The standard InChI is InChI=1S/C12H26N4O2/c1-12(13,11(17)18)10-16-8-6-15(7-9-16)5-4-14(2)3/h4-10,13H2,1-3H3,(H,17,18). The van der Waals surface area contributed by atoms with Gasteiger partial charge in [0, 0.05) is 45.8 Å². The highest BCUT2D eigenvalue weighted by atomic mass is 16.4. The van der Waals surface area contributed by atoms with Crippen LogP contribution < -0.4 is 5.73 Å². The smallest absolute Gasteiger partial charge is 0.324 e. The number of nitrogens with zero attached hydrogens (tertiary/aromatic N) is 3. The first kappa shape index (κ1) is 15.4. The summed E-state index contributed by atoms with van der Waals surface area (Å²) in [6.07, 6.45) is 0. The number of likely N-dealkylation sites (N-methyl/N-ethyl adjacent to an activating group) is 1. The SMILES string of the molecule is CN(C)CCN1CCN(CC(C)(N)C(=O)O)CC1. The minimum absolute atomic E-state index is 0.420. The van der Waals surface area contributed by atoms with Gasteiger partial charge in [-0.05, 0) is 21.0 Å². The van der Waals surface area contributed by atoms with Gasteiger partial charge in [-0.2, -0.15) is 0 Å². The zero-order valence-electron chi connectivity index (χ0n) is 11.7. The minimum atomic E-state index is -1.15. The number of carboxylic acid groups (broad SMARTS) is 1. The number of carboxylic acids is 1. The average Bonchev–Trinajstić information content (AvgIpc) is 2.27. The van der Waals surface area contributed by atoms with E-state index in [2.05, 4.69) is 28.8 Å². The first-order valence-electron chi connectivity index (χ1n) is 6.43. The fraction of sp³-hybridized carbons (Fsp3) is 0.917. The lowest BCUT2D eigenvalue weighted by molar-refractivity contribution is -0.143. The van der Waals surface area contributed by atoms with E-state index in [0.29, 0.717) is 6.54 Å². The third-order valence-corrected chi connectivity index (χ3v) is 3.37. The van der Waals surface area contributed by atoms with E-state index in [1.807, 2.05) is 0 Å². The number of hydrogen-bond donors (Lipinski definition) is 2. The Balaban J connectivity index is 2.29. The lowest BCUT2D eigenvalue weighted by Crippen LogP contribution is -2.57. The van der Waals surface area contributed by atoms with Crippen molar-refractivity contribution in [3.63, 3.8) is 0 Å². The molecule has 1 rings (SSSR count). The predicted octanol–water partition coefficient (Wildman–Crippen LogP) is -1.03. The quantitative estimate of drug-likeness (QED) is 0.634. The summed E-state index contributed by atoms with van der Waals surface area (Å²) >= 11 is 0. The van der Waals surface area contributed by atoms with Crippen molar-refractivity contribution in [1.29, 1.82) is 0 Å². The van der Waals surface area contributed by atoms with Crippen LogP contribution in [-0.4, -0.2) is 91.2 Å². The highest BCUT2D eigenvalue weighted by Gasteiger charge is 2.31. The Kier molecular flexibility index (Phi) is 5.52. The molecule has 0 radical (unpaired) electrons. The molecule has 0 saturated carbocycles. The summed E-state index contributed by atoms with van der Waals surface area (Å²) in [5.41, 5.74) is 4.61. The number of aliphatic carboxylic acids is 1. The number of rotatable bonds is 6. The van der Waals surface area contributed by atoms with Crippen LogP contribution >= 0.6 is 0 Å². The van der Waals surface area contributed by atoms with E-state index in [-0.39, 0.29) is 0 Å². The van der Waals surface area contributed by atoms with Crippen molar-refractivity contribution in [2.45, 2.75) is 12.5 Å². The van der Waals surface area contributed by atoms with Crippen LogP contribution in [0.15, 0.2) is 0 Å². The van der Waals surface area contributed by atoms with Crippen molar-refractivity contribution in [1.82, 2.24) is 14.7 Å². The molecule has 0 spiro atoms. The second-order valence-corrected chi connectivity index (χ2v) is 5.64. The van der Waals surface area contributed by atoms with Crippen LogP contribution in [-0.2, 0) is 4.79 Å². The highest BCUT2D eigenvalue weighted by Crippen LogP contribution is 2.07. The minimum Gasteiger partial charge on any atom is -0.480 e. The van der Waals surface area contributed by atoms with Crippen LogP contribution in [0.4, 0.5) is 0 Å². The third kappa shape index (κ3) is 4.89. The van der Waals surface area contributed by atoms with E-state index in [4.69, 9.17) is 10.8 Å². The summed E-state index contributed by atoms with van der Waals surface area (Å²) in [5.74, 6) is -0.933. The van der Waals surface area contributed by atoms with E-state index in [0.717, 1.165) is 39.3 Å². The Morgan fingerprint density at radius 1 is 1.28 bits per heavy atom. The first-order chi connectivity index (χ1) is 8.31. The number of nitrogens with two attached hydrogens (primary N) is 1. The largest absolute Gasteiger partial charge is 0.480 e. The zero-order valence-corrected chi connectivity index (χ0v) is 11.7. The maximum absolute atomic E-state index is 11.0. The van der Waals surface area contributed by atoms with Crippen molar-refractivity contribution >= 4 is 5.97 Å². The van der Waals surface area contributed by atoms with Crippen LogP contribution in [0.2, 0.25) is 0 Å². The van der Waals surface area contributed by atoms with Crippen molar-refractivity contribution in [3.8, 4) is 0 Å². The van der Waals surface area contributed by atoms with Crippen LogP contribution in [0.1, 0.15) is 6.92 Å². The number of hydrogen-bond acceptors (Lipinski definition) is 5. The van der Waals surface area contributed by atoms with E-state index in [1.54, 1.807) is 6.92 Å². The maximum Gasteiger partial charge on any atom is 0.324 e. The Bertz CT molecular complexity index is 273. The van der Waals surface area contributed by atoms with E-state index < -0.39 is 11.5 Å². The first-order valence-corrected chi connectivity index (χ1v) is 6.43. The van der Waals surface area contributed by atoms with Crippen LogP contribution in [0.25, 0.3) is 0 Å². The Hall–Kier alpha value is -0.690. The molecule has 6 nitrogen and oxygen atoms in total. The van der Waals surface area contributed by atoms with Gasteiger partial charge in [-0.15, -0.1) is 0 Å². The van der Waals surface area contributed by atoms with Gasteiger partial charge in [-0.1, -0.05) is 0 Å². The molecule has 1 unspecified atom stereocenters. The molecule has 0 aliphatic carbocycles. The molecule has 0 aromatic carbocycles. The molecule has 106 valence electrons. The van der Waals surface area contributed by atoms with Gasteiger partial charge in [0.15, 0.2) is 0 Å². The molecular formula is C12H26N4O2. The molecule has 1 aliphatic rings. The van der Waals surface area contributed by atoms with Gasteiger partial charge in [0.05, 0.1) is 0 Å². The molecule has 18 heavy (non-hydrogen) atoms. The molecule has 1 heterocycles. The topological polar surface area (TPSA) is 73.0 Å². The second-order valence-electron chi connectivity index (χ2n) is 5.64. The Morgan fingerprint density at radius 2 is 1.78 bits per heavy atom. The third-order valence-electron chi connectivity index (χ3n) is 3.37. The van der Waals surface area contributed by atoms with Gasteiger partial charge >= 0.3 is 5.97 Å². The zero-order chi connectivity index (χ0) is 13.8. The molecule has 1 aliphatic heterocycles. The summed E-state index contributed by atoms with van der Waals surface area (Å²) in [7, 11) is 4.14. The van der Waals surface area contributed by atoms with Gasteiger partial charge in [0.2, 0.25) is 0 Å². The molecule has 6 heteroatoms. The normalized spacial score (nSPS) is 22.1. The Labute approximate surface area is 109 Å². The molecule has 3 N–H and O–H groups in total. The van der Waals surface area contributed by atoms with Gasteiger partial charge in [0.1, 0.15) is 5.54 Å². The van der Waals surface area contributed by atoms with E-state index in [1.165, 1.54) is 0 Å². The molecular weight excluding hydrogens is 232 g/mol. The van der Waals surface area contributed by atoms with Crippen molar-refractivity contribution in [3.05, 3.63) is 0 Å². The average molecular weight is 258 g/mol. The fourth-order valence-electron chi connectivity index (χ4n) is 2.04. The van der Waals surface area contributed by atoms with Gasteiger partial charge in [-0.25, -0.2) is 0 Å². The molecule has 0 aromatic heterocycles. The van der Waals surface area contributed by atoms with Crippen molar-refractivity contribution < 1.29 is 9.90 Å². The molecule has 0 aromatic rings. The van der Waals surface area contributed by atoms with Crippen molar-refractivity contribution in [2.24, 2.45) is 5.73 Å². The summed E-state index contributed by atoms with van der Waals surface area (Å²) < 4.78 is 0. The highest BCUT2D eigenvalue weighted by molar-refractivity contribution is 5.78.